The number of anilines is 1. The minimum Gasteiger partial charge on any atom is -0.478 e. The lowest BCUT2D eigenvalue weighted by Crippen LogP contribution is -2.32. The van der Waals surface area contributed by atoms with E-state index in [0.717, 1.165) is 18.9 Å². The number of nitrogens with one attached hydrogen (secondary N) is 2. The van der Waals surface area contributed by atoms with Crippen molar-refractivity contribution in [2.75, 3.05) is 25.0 Å². The summed E-state index contributed by atoms with van der Waals surface area (Å²) >= 11 is 0. The first kappa shape index (κ1) is 16.7. The highest BCUT2D eigenvalue weighted by molar-refractivity contribution is 7.89. The van der Waals surface area contributed by atoms with Gasteiger partial charge in [0.1, 0.15) is 0 Å². The van der Waals surface area contributed by atoms with Crippen molar-refractivity contribution in [3.05, 3.63) is 23.8 Å². The molecule has 122 valence electrons. The first-order valence-electron chi connectivity index (χ1n) is 7.16. The fourth-order valence-electron chi connectivity index (χ4n) is 2.30. The van der Waals surface area contributed by atoms with Gasteiger partial charge in [0.25, 0.3) is 0 Å². The number of sulfonamides is 1. The van der Waals surface area contributed by atoms with Gasteiger partial charge in [0, 0.05) is 25.4 Å². The third kappa shape index (κ3) is 3.96. The van der Waals surface area contributed by atoms with Crippen molar-refractivity contribution in [3.8, 4) is 0 Å². The van der Waals surface area contributed by atoms with Gasteiger partial charge in [-0.2, -0.15) is 0 Å². The molecule has 1 aliphatic heterocycles. The Kier molecular flexibility index (Phi) is 5.38. The summed E-state index contributed by atoms with van der Waals surface area (Å²) in [4.78, 5) is 11.2. The Morgan fingerprint density at radius 2 is 2.23 bits per heavy atom. The van der Waals surface area contributed by atoms with Crippen molar-refractivity contribution in [3.63, 3.8) is 0 Å². The van der Waals surface area contributed by atoms with Gasteiger partial charge < -0.3 is 15.2 Å². The zero-order valence-electron chi connectivity index (χ0n) is 12.3. The monoisotopic (exact) mass is 328 g/mol. The molecular formula is C14H20N2O5S. The van der Waals surface area contributed by atoms with E-state index in [1.165, 1.54) is 12.1 Å². The Bertz CT molecular complexity index is 639. The molecule has 1 aliphatic rings. The van der Waals surface area contributed by atoms with Crippen molar-refractivity contribution in [2.45, 2.75) is 30.8 Å². The van der Waals surface area contributed by atoms with E-state index in [9.17, 15) is 18.3 Å². The molecule has 1 saturated heterocycles. The van der Waals surface area contributed by atoms with Crippen molar-refractivity contribution in [1.29, 1.82) is 0 Å². The largest absolute Gasteiger partial charge is 0.478 e. The summed E-state index contributed by atoms with van der Waals surface area (Å²) in [5.74, 6) is -1.17. The predicted octanol–water partition coefficient (Wildman–Crippen LogP) is 1.27. The Hall–Kier alpha value is -1.64. The molecule has 3 N–H and O–H groups in total. The molecule has 1 aromatic carbocycles. The minimum absolute atomic E-state index is 0.0652. The van der Waals surface area contributed by atoms with E-state index in [0.29, 0.717) is 18.8 Å². The molecule has 7 nitrogen and oxygen atoms in total. The molecule has 0 aliphatic carbocycles. The first-order chi connectivity index (χ1) is 10.4. The summed E-state index contributed by atoms with van der Waals surface area (Å²) in [6, 6.07) is 4.02. The number of rotatable bonds is 7. The van der Waals surface area contributed by atoms with Crippen molar-refractivity contribution >= 4 is 21.7 Å². The topological polar surface area (TPSA) is 105 Å². The molecule has 2 rings (SSSR count). The van der Waals surface area contributed by atoms with Gasteiger partial charge in [-0.3, -0.25) is 0 Å². The van der Waals surface area contributed by atoms with Crippen LogP contribution in [0.25, 0.3) is 0 Å². The maximum atomic E-state index is 12.3. The van der Waals surface area contributed by atoms with Crippen LogP contribution in [-0.4, -0.2) is 45.3 Å². The van der Waals surface area contributed by atoms with Gasteiger partial charge in [-0.05, 0) is 38.0 Å². The molecule has 0 radical (unpaired) electrons. The summed E-state index contributed by atoms with van der Waals surface area (Å²) in [5.41, 5.74) is 0.329. The van der Waals surface area contributed by atoms with Crippen LogP contribution in [0.3, 0.4) is 0 Å². The van der Waals surface area contributed by atoms with E-state index in [1.807, 2.05) is 6.92 Å². The second kappa shape index (κ2) is 7.08. The molecule has 0 spiro atoms. The number of carbonyl (C=O) groups is 1. The van der Waals surface area contributed by atoms with Crippen LogP contribution >= 0.6 is 0 Å². The SMILES string of the molecule is CCNc1ccc(S(=O)(=O)NC[C@@H]2CCCO2)cc1C(=O)O. The van der Waals surface area contributed by atoms with Crippen LogP contribution in [0.2, 0.25) is 0 Å². The Morgan fingerprint density at radius 3 is 2.82 bits per heavy atom. The molecule has 0 bridgehead atoms. The smallest absolute Gasteiger partial charge is 0.337 e. The second-order valence-corrected chi connectivity index (χ2v) is 6.80. The Balaban J connectivity index is 2.18. The van der Waals surface area contributed by atoms with Crippen LogP contribution in [0.5, 0.6) is 0 Å². The third-order valence-corrected chi connectivity index (χ3v) is 4.85. The molecule has 0 saturated carbocycles. The highest BCUT2D eigenvalue weighted by atomic mass is 32.2. The van der Waals surface area contributed by atoms with Crippen LogP contribution in [0.4, 0.5) is 5.69 Å². The maximum Gasteiger partial charge on any atom is 0.337 e. The van der Waals surface area contributed by atoms with Gasteiger partial charge in [-0.15, -0.1) is 0 Å². The average molecular weight is 328 g/mol. The molecule has 22 heavy (non-hydrogen) atoms. The molecule has 0 amide bonds. The average Bonchev–Trinajstić information content (AvgIpc) is 2.99. The quantitative estimate of drug-likeness (QED) is 0.696. The zero-order chi connectivity index (χ0) is 16.2. The molecule has 1 aromatic rings. The van der Waals surface area contributed by atoms with Gasteiger partial charge in [0.15, 0.2) is 0 Å². The fourth-order valence-corrected chi connectivity index (χ4v) is 3.40. The fraction of sp³-hybridized carbons (Fsp3) is 0.500. The minimum atomic E-state index is -3.76. The summed E-state index contributed by atoms with van der Waals surface area (Å²) < 4.78 is 32.3. The van der Waals surface area contributed by atoms with Gasteiger partial charge in [0.05, 0.1) is 16.6 Å². The number of hydrogen-bond donors (Lipinski definition) is 3. The van der Waals surface area contributed by atoms with E-state index in [-0.39, 0.29) is 23.1 Å². The van der Waals surface area contributed by atoms with Crippen molar-refractivity contribution in [1.82, 2.24) is 4.72 Å². The molecule has 1 atom stereocenters. The second-order valence-electron chi connectivity index (χ2n) is 5.03. The van der Waals surface area contributed by atoms with E-state index in [1.54, 1.807) is 0 Å². The number of hydrogen-bond acceptors (Lipinski definition) is 5. The first-order valence-corrected chi connectivity index (χ1v) is 8.65. The van der Waals surface area contributed by atoms with Crippen LogP contribution < -0.4 is 10.0 Å². The summed E-state index contributed by atoms with van der Waals surface area (Å²) in [6.45, 7) is 3.22. The predicted molar refractivity (Wildman–Crippen MR) is 81.7 cm³/mol. The highest BCUT2D eigenvalue weighted by Gasteiger charge is 2.22. The summed E-state index contributed by atoms with van der Waals surface area (Å²) in [7, 11) is -3.76. The molecule has 1 fully saturated rings. The molecule has 0 aromatic heterocycles. The standard InChI is InChI=1S/C14H20N2O5S/c1-2-15-13-6-5-11(8-12(13)14(17)18)22(19,20)16-9-10-4-3-7-21-10/h5-6,8,10,15-16H,2-4,7,9H2,1H3,(H,17,18)/t10-/m0/s1. The van der Waals surface area contributed by atoms with Gasteiger partial charge >= 0.3 is 5.97 Å². The van der Waals surface area contributed by atoms with Crippen LogP contribution in [0.15, 0.2) is 23.1 Å². The summed E-state index contributed by atoms with van der Waals surface area (Å²) in [5, 5.41) is 12.1. The highest BCUT2D eigenvalue weighted by Crippen LogP contribution is 2.21. The maximum absolute atomic E-state index is 12.3. The zero-order valence-corrected chi connectivity index (χ0v) is 13.1. The molecule has 1 heterocycles. The van der Waals surface area contributed by atoms with E-state index >= 15 is 0 Å². The number of carboxylic acid groups (broad SMARTS) is 1. The Labute approximate surface area is 129 Å². The normalized spacial score (nSPS) is 18.3. The molecule has 0 unspecified atom stereocenters. The van der Waals surface area contributed by atoms with E-state index in [4.69, 9.17) is 4.74 Å². The number of ether oxygens (including phenoxy) is 1. The number of carboxylic acids is 1. The van der Waals surface area contributed by atoms with Gasteiger partial charge in [0.2, 0.25) is 10.0 Å². The summed E-state index contributed by atoms with van der Waals surface area (Å²) in [6.07, 6.45) is 1.63. The van der Waals surface area contributed by atoms with Crippen LogP contribution in [-0.2, 0) is 14.8 Å². The Morgan fingerprint density at radius 1 is 1.45 bits per heavy atom. The van der Waals surface area contributed by atoms with Crippen LogP contribution in [0, 0.1) is 0 Å². The van der Waals surface area contributed by atoms with Crippen molar-refractivity contribution < 1.29 is 23.1 Å². The third-order valence-electron chi connectivity index (χ3n) is 3.42. The van der Waals surface area contributed by atoms with Crippen LogP contribution in [0.1, 0.15) is 30.1 Å². The molecule has 8 heteroatoms. The van der Waals surface area contributed by atoms with Gasteiger partial charge in [-0.1, -0.05) is 0 Å². The lowest BCUT2D eigenvalue weighted by molar-refractivity contribution is 0.0697. The lowest BCUT2D eigenvalue weighted by Gasteiger charge is -2.13. The van der Waals surface area contributed by atoms with E-state index in [2.05, 4.69) is 10.0 Å². The number of benzene rings is 1. The van der Waals surface area contributed by atoms with Gasteiger partial charge in [-0.25, -0.2) is 17.9 Å². The van der Waals surface area contributed by atoms with Crippen molar-refractivity contribution in [2.24, 2.45) is 0 Å². The molecular weight excluding hydrogens is 308 g/mol. The van der Waals surface area contributed by atoms with E-state index < -0.39 is 16.0 Å². The lowest BCUT2D eigenvalue weighted by atomic mass is 10.2. The number of aromatic carboxylic acids is 1.